The van der Waals surface area contributed by atoms with Gasteiger partial charge in [-0.05, 0) is 32.6 Å². The second-order valence-corrected chi connectivity index (χ2v) is 4.10. The zero-order valence-electron chi connectivity index (χ0n) is 9.09. The van der Waals surface area contributed by atoms with Crippen molar-refractivity contribution in [2.45, 2.75) is 52.3 Å². The first-order chi connectivity index (χ1) is 6.02. The monoisotopic (exact) mass is 188 g/mol. The molecule has 3 nitrogen and oxygen atoms in total. The van der Waals surface area contributed by atoms with E-state index in [4.69, 9.17) is 10.8 Å². The van der Waals surface area contributed by atoms with E-state index in [9.17, 15) is 0 Å². The van der Waals surface area contributed by atoms with Crippen LogP contribution >= 0.6 is 0 Å². The van der Waals surface area contributed by atoms with Crippen LogP contribution in [0.1, 0.15) is 40.0 Å². The van der Waals surface area contributed by atoms with Crippen LogP contribution in [0.3, 0.4) is 0 Å². The van der Waals surface area contributed by atoms with Gasteiger partial charge in [-0.25, -0.2) is 0 Å². The summed E-state index contributed by atoms with van der Waals surface area (Å²) in [6, 6.07) is 0.317. The Labute approximate surface area is 81.7 Å². The standard InChI is InChI=1S/C10H24N2O/c1-8(7-12-10(3)13)5-4-6-9(2)11/h8-10,12-13H,4-7,11H2,1-3H3. The van der Waals surface area contributed by atoms with Gasteiger partial charge in [-0.15, -0.1) is 0 Å². The first-order valence-electron chi connectivity index (χ1n) is 5.19. The van der Waals surface area contributed by atoms with E-state index in [-0.39, 0.29) is 0 Å². The molecule has 3 unspecified atom stereocenters. The maximum atomic E-state index is 8.98. The molecule has 0 amide bonds. The quantitative estimate of drug-likeness (QED) is 0.524. The SMILES string of the molecule is CC(N)CCCC(C)CNC(C)O. The fraction of sp³-hybridized carbons (Fsp3) is 1.00. The minimum atomic E-state index is -0.393. The predicted molar refractivity (Wildman–Crippen MR) is 56.3 cm³/mol. The van der Waals surface area contributed by atoms with Gasteiger partial charge < -0.3 is 10.8 Å². The number of aliphatic hydroxyl groups is 1. The third kappa shape index (κ3) is 9.80. The van der Waals surface area contributed by atoms with E-state index in [0.717, 1.165) is 13.0 Å². The van der Waals surface area contributed by atoms with Gasteiger partial charge in [0.1, 0.15) is 6.23 Å². The Morgan fingerprint density at radius 2 is 1.85 bits per heavy atom. The van der Waals surface area contributed by atoms with Crippen LogP contribution in [-0.4, -0.2) is 23.9 Å². The highest BCUT2D eigenvalue weighted by Crippen LogP contribution is 2.07. The van der Waals surface area contributed by atoms with Crippen LogP contribution in [0.4, 0.5) is 0 Å². The summed E-state index contributed by atoms with van der Waals surface area (Å²) in [5.41, 5.74) is 5.65. The Kier molecular flexibility index (Phi) is 7.23. The van der Waals surface area contributed by atoms with Crippen molar-refractivity contribution < 1.29 is 5.11 Å². The molecule has 0 saturated heterocycles. The van der Waals surface area contributed by atoms with Gasteiger partial charge in [0.25, 0.3) is 0 Å². The average molecular weight is 188 g/mol. The molecular weight excluding hydrogens is 164 g/mol. The van der Waals surface area contributed by atoms with Gasteiger partial charge in [0.15, 0.2) is 0 Å². The van der Waals surface area contributed by atoms with Crippen molar-refractivity contribution in [3.63, 3.8) is 0 Å². The molecule has 0 rings (SSSR count). The maximum Gasteiger partial charge on any atom is 0.102 e. The van der Waals surface area contributed by atoms with Crippen molar-refractivity contribution in [1.29, 1.82) is 0 Å². The van der Waals surface area contributed by atoms with Gasteiger partial charge in [0, 0.05) is 12.6 Å². The molecule has 0 aromatic rings. The van der Waals surface area contributed by atoms with E-state index >= 15 is 0 Å². The van der Waals surface area contributed by atoms with Crippen LogP contribution in [-0.2, 0) is 0 Å². The van der Waals surface area contributed by atoms with Crippen LogP contribution < -0.4 is 11.1 Å². The molecule has 0 bridgehead atoms. The smallest absolute Gasteiger partial charge is 0.102 e. The summed E-state index contributed by atoms with van der Waals surface area (Å²) >= 11 is 0. The summed E-state index contributed by atoms with van der Waals surface area (Å²) in [4.78, 5) is 0. The zero-order chi connectivity index (χ0) is 10.3. The van der Waals surface area contributed by atoms with E-state index < -0.39 is 6.23 Å². The summed E-state index contributed by atoms with van der Waals surface area (Å²) in [7, 11) is 0. The molecule has 0 aliphatic carbocycles. The molecule has 80 valence electrons. The number of nitrogens with one attached hydrogen (secondary N) is 1. The van der Waals surface area contributed by atoms with Gasteiger partial charge in [-0.2, -0.15) is 0 Å². The van der Waals surface area contributed by atoms with Gasteiger partial charge in [-0.3, -0.25) is 5.32 Å². The van der Waals surface area contributed by atoms with Crippen molar-refractivity contribution in [1.82, 2.24) is 5.32 Å². The topological polar surface area (TPSA) is 58.3 Å². The molecule has 0 aromatic carbocycles. The first kappa shape index (κ1) is 12.9. The second-order valence-electron chi connectivity index (χ2n) is 4.10. The van der Waals surface area contributed by atoms with Crippen LogP contribution in [0.15, 0.2) is 0 Å². The molecule has 3 atom stereocenters. The summed E-state index contributed by atoms with van der Waals surface area (Å²) in [6.07, 6.45) is 3.07. The first-order valence-corrected chi connectivity index (χ1v) is 5.19. The van der Waals surface area contributed by atoms with Gasteiger partial charge >= 0.3 is 0 Å². The molecule has 0 aliphatic rings. The van der Waals surface area contributed by atoms with E-state index in [2.05, 4.69) is 12.2 Å². The lowest BCUT2D eigenvalue weighted by Gasteiger charge is -2.14. The molecule has 0 heterocycles. The molecule has 0 aromatic heterocycles. The fourth-order valence-corrected chi connectivity index (χ4v) is 1.26. The number of aliphatic hydroxyl groups excluding tert-OH is 1. The van der Waals surface area contributed by atoms with Crippen LogP contribution in [0, 0.1) is 5.92 Å². The number of rotatable bonds is 7. The summed E-state index contributed by atoms with van der Waals surface area (Å²) < 4.78 is 0. The highest BCUT2D eigenvalue weighted by atomic mass is 16.3. The van der Waals surface area contributed by atoms with Gasteiger partial charge in [0.2, 0.25) is 0 Å². The average Bonchev–Trinajstić information content (AvgIpc) is 2.00. The molecule has 0 fully saturated rings. The van der Waals surface area contributed by atoms with Gasteiger partial charge in [-0.1, -0.05) is 13.3 Å². The number of hydrogen-bond acceptors (Lipinski definition) is 3. The minimum Gasteiger partial charge on any atom is -0.379 e. The Bertz CT molecular complexity index is 115. The van der Waals surface area contributed by atoms with Crippen LogP contribution in [0.2, 0.25) is 0 Å². The van der Waals surface area contributed by atoms with Crippen LogP contribution in [0.5, 0.6) is 0 Å². The lowest BCUT2D eigenvalue weighted by Crippen LogP contribution is -2.30. The van der Waals surface area contributed by atoms with Gasteiger partial charge in [0.05, 0.1) is 0 Å². The molecule has 0 aliphatic heterocycles. The fourth-order valence-electron chi connectivity index (χ4n) is 1.26. The molecule has 0 spiro atoms. The van der Waals surface area contributed by atoms with E-state index in [1.165, 1.54) is 12.8 Å². The van der Waals surface area contributed by atoms with Crippen LogP contribution in [0.25, 0.3) is 0 Å². The molecule has 0 radical (unpaired) electrons. The Hall–Kier alpha value is -0.120. The van der Waals surface area contributed by atoms with E-state index in [1.807, 2.05) is 6.92 Å². The highest BCUT2D eigenvalue weighted by molar-refractivity contribution is 4.60. The maximum absolute atomic E-state index is 8.98. The Morgan fingerprint density at radius 1 is 1.23 bits per heavy atom. The molecule has 0 saturated carbocycles. The van der Waals surface area contributed by atoms with E-state index in [0.29, 0.717) is 12.0 Å². The van der Waals surface area contributed by atoms with Crippen molar-refractivity contribution in [3.05, 3.63) is 0 Å². The number of hydrogen-bond donors (Lipinski definition) is 3. The van der Waals surface area contributed by atoms with Crippen molar-refractivity contribution in [2.24, 2.45) is 11.7 Å². The molecule has 13 heavy (non-hydrogen) atoms. The summed E-state index contributed by atoms with van der Waals surface area (Å²) in [5.74, 6) is 0.619. The third-order valence-electron chi connectivity index (χ3n) is 2.12. The number of nitrogens with two attached hydrogens (primary N) is 1. The highest BCUT2D eigenvalue weighted by Gasteiger charge is 2.03. The van der Waals surface area contributed by atoms with Crippen molar-refractivity contribution in [3.8, 4) is 0 Å². The largest absolute Gasteiger partial charge is 0.379 e. The van der Waals surface area contributed by atoms with E-state index in [1.54, 1.807) is 6.92 Å². The minimum absolute atomic E-state index is 0.317. The predicted octanol–water partition coefficient (Wildman–Crippen LogP) is 1.07. The lowest BCUT2D eigenvalue weighted by atomic mass is 10.0. The molecule has 3 heteroatoms. The second kappa shape index (κ2) is 7.30. The van der Waals surface area contributed by atoms with Crippen molar-refractivity contribution in [2.75, 3.05) is 6.54 Å². The summed E-state index contributed by atoms with van der Waals surface area (Å²) in [5, 5.41) is 12.0. The lowest BCUT2D eigenvalue weighted by molar-refractivity contribution is 0.150. The normalized spacial score (nSPS) is 18.2. The molecular formula is C10H24N2O. The summed E-state index contributed by atoms with van der Waals surface area (Å²) in [6.45, 7) is 6.86. The Morgan fingerprint density at radius 3 is 2.31 bits per heavy atom. The zero-order valence-corrected chi connectivity index (χ0v) is 9.09. The Balaban J connectivity index is 3.25. The third-order valence-corrected chi connectivity index (χ3v) is 2.12. The molecule has 4 N–H and O–H groups in total. The van der Waals surface area contributed by atoms with Crippen molar-refractivity contribution >= 4 is 0 Å².